The van der Waals surface area contributed by atoms with Gasteiger partial charge in [0.1, 0.15) is 17.6 Å². The fourth-order valence-corrected chi connectivity index (χ4v) is 5.21. The lowest BCUT2D eigenvalue weighted by atomic mass is 9.87. The van der Waals surface area contributed by atoms with E-state index in [0.29, 0.717) is 46.3 Å². The number of halogens is 2. The molecular formula is C22H26Cl2N6O2. The molecule has 1 unspecified atom stereocenters. The van der Waals surface area contributed by atoms with Crippen LogP contribution in [-0.4, -0.2) is 71.3 Å². The first-order valence-corrected chi connectivity index (χ1v) is 11.6. The van der Waals surface area contributed by atoms with E-state index in [1.807, 2.05) is 6.07 Å². The van der Waals surface area contributed by atoms with E-state index in [1.165, 1.54) is 6.33 Å². The lowest BCUT2D eigenvalue weighted by Crippen LogP contribution is -2.47. The smallest absolute Gasteiger partial charge is 0.162 e. The molecule has 1 atom stereocenters. The number of aromatic nitrogens is 4. The SMILES string of the molecule is COc1c(CCNc2ncnc3[nH]cnc23)cc(Cl)c(Cl)c1C1CN(CC2CCOC2)C1. The zero-order chi connectivity index (χ0) is 22.1. The van der Waals surface area contributed by atoms with Crippen molar-refractivity contribution in [1.29, 1.82) is 0 Å². The lowest BCUT2D eigenvalue weighted by molar-refractivity contribution is 0.111. The number of ether oxygens (including phenoxy) is 2. The number of anilines is 1. The van der Waals surface area contributed by atoms with Gasteiger partial charge in [-0.2, -0.15) is 0 Å². The van der Waals surface area contributed by atoms with Crippen LogP contribution in [0.5, 0.6) is 5.75 Å². The van der Waals surface area contributed by atoms with Gasteiger partial charge in [0.2, 0.25) is 0 Å². The Morgan fingerprint density at radius 2 is 2.16 bits per heavy atom. The van der Waals surface area contributed by atoms with Gasteiger partial charge >= 0.3 is 0 Å². The van der Waals surface area contributed by atoms with Gasteiger partial charge in [-0.25, -0.2) is 15.0 Å². The average molecular weight is 477 g/mol. The van der Waals surface area contributed by atoms with Crippen molar-refractivity contribution in [2.45, 2.75) is 18.8 Å². The van der Waals surface area contributed by atoms with Crippen LogP contribution in [0.3, 0.4) is 0 Å². The number of hydrogen-bond donors (Lipinski definition) is 2. The molecule has 2 aliphatic heterocycles. The minimum Gasteiger partial charge on any atom is -0.496 e. The fourth-order valence-electron chi connectivity index (χ4n) is 4.68. The maximum Gasteiger partial charge on any atom is 0.162 e. The summed E-state index contributed by atoms with van der Waals surface area (Å²) in [6.45, 7) is 5.40. The van der Waals surface area contributed by atoms with Gasteiger partial charge in [-0.15, -0.1) is 0 Å². The van der Waals surface area contributed by atoms with Crippen LogP contribution in [-0.2, 0) is 11.2 Å². The molecule has 2 aromatic heterocycles. The molecule has 1 aromatic carbocycles. The van der Waals surface area contributed by atoms with Crippen molar-refractivity contribution in [3.63, 3.8) is 0 Å². The summed E-state index contributed by atoms with van der Waals surface area (Å²) in [5.41, 5.74) is 3.47. The lowest BCUT2D eigenvalue weighted by Gasteiger charge is -2.41. The monoisotopic (exact) mass is 476 g/mol. The molecule has 8 nitrogen and oxygen atoms in total. The molecular weight excluding hydrogens is 451 g/mol. The van der Waals surface area contributed by atoms with Gasteiger partial charge in [0.25, 0.3) is 0 Å². The third kappa shape index (κ3) is 4.24. The largest absolute Gasteiger partial charge is 0.496 e. The second-order valence-corrected chi connectivity index (χ2v) is 9.21. The molecule has 3 aromatic rings. The highest BCUT2D eigenvalue weighted by Gasteiger charge is 2.35. The molecule has 0 bridgehead atoms. The molecule has 2 saturated heterocycles. The van der Waals surface area contributed by atoms with E-state index in [-0.39, 0.29) is 0 Å². The molecule has 0 saturated carbocycles. The Balaban J connectivity index is 1.29. The van der Waals surface area contributed by atoms with E-state index in [1.54, 1.807) is 13.4 Å². The first kappa shape index (κ1) is 21.7. The molecule has 2 N–H and O–H groups in total. The zero-order valence-corrected chi connectivity index (χ0v) is 19.4. The van der Waals surface area contributed by atoms with Gasteiger partial charge < -0.3 is 24.7 Å². The van der Waals surface area contributed by atoms with Crippen LogP contribution >= 0.6 is 23.2 Å². The number of imidazole rings is 1. The molecule has 0 aliphatic carbocycles. The summed E-state index contributed by atoms with van der Waals surface area (Å²) < 4.78 is 11.4. The van der Waals surface area contributed by atoms with Crippen molar-refractivity contribution >= 4 is 40.2 Å². The van der Waals surface area contributed by atoms with Crippen molar-refractivity contribution in [3.05, 3.63) is 39.9 Å². The predicted octanol–water partition coefficient (Wildman–Crippen LogP) is 3.76. The number of likely N-dealkylation sites (tertiary alicyclic amines) is 1. The van der Waals surface area contributed by atoms with Crippen LogP contribution in [0.25, 0.3) is 11.2 Å². The Kier molecular flexibility index (Phi) is 6.37. The number of benzene rings is 1. The van der Waals surface area contributed by atoms with Crippen molar-refractivity contribution in [1.82, 2.24) is 24.8 Å². The van der Waals surface area contributed by atoms with Crippen molar-refractivity contribution < 1.29 is 9.47 Å². The fraction of sp³-hybridized carbons (Fsp3) is 0.500. The number of fused-ring (bicyclic) bond motifs is 1. The minimum absolute atomic E-state index is 0.315. The summed E-state index contributed by atoms with van der Waals surface area (Å²) in [7, 11) is 1.70. The summed E-state index contributed by atoms with van der Waals surface area (Å²) >= 11 is 13.2. The van der Waals surface area contributed by atoms with Crippen molar-refractivity contribution in [3.8, 4) is 5.75 Å². The number of methoxy groups -OCH3 is 1. The highest BCUT2D eigenvalue weighted by molar-refractivity contribution is 6.42. The molecule has 32 heavy (non-hydrogen) atoms. The van der Waals surface area contributed by atoms with Crippen LogP contribution in [0.4, 0.5) is 5.82 Å². The molecule has 4 heterocycles. The Labute approximate surface area is 196 Å². The van der Waals surface area contributed by atoms with Crippen LogP contribution < -0.4 is 10.1 Å². The van der Waals surface area contributed by atoms with E-state index in [4.69, 9.17) is 32.7 Å². The van der Waals surface area contributed by atoms with Gasteiger partial charge in [0.05, 0.1) is 30.1 Å². The normalized spacial score (nSPS) is 19.4. The predicted molar refractivity (Wildman–Crippen MR) is 125 cm³/mol. The molecule has 2 aliphatic rings. The Morgan fingerprint density at radius 3 is 2.94 bits per heavy atom. The molecule has 0 spiro atoms. The van der Waals surface area contributed by atoms with Gasteiger partial charge in [0.15, 0.2) is 11.5 Å². The zero-order valence-electron chi connectivity index (χ0n) is 17.9. The second-order valence-electron chi connectivity index (χ2n) is 8.42. The topological polar surface area (TPSA) is 88.2 Å². The van der Waals surface area contributed by atoms with Crippen LogP contribution in [0.2, 0.25) is 10.0 Å². The Hall–Kier alpha value is -2.13. The molecule has 2 fully saturated rings. The number of rotatable bonds is 8. The van der Waals surface area contributed by atoms with Gasteiger partial charge in [-0.05, 0) is 30.4 Å². The molecule has 170 valence electrons. The summed E-state index contributed by atoms with van der Waals surface area (Å²) in [6, 6.07) is 1.91. The Morgan fingerprint density at radius 1 is 1.28 bits per heavy atom. The van der Waals surface area contributed by atoms with E-state index >= 15 is 0 Å². The average Bonchev–Trinajstić information content (AvgIpc) is 3.45. The van der Waals surface area contributed by atoms with E-state index in [2.05, 4.69) is 30.2 Å². The highest BCUT2D eigenvalue weighted by atomic mass is 35.5. The van der Waals surface area contributed by atoms with E-state index < -0.39 is 0 Å². The molecule has 5 rings (SSSR count). The third-order valence-electron chi connectivity index (χ3n) is 6.30. The quantitative estimate of drug-likeness (QED) is 0.511. The summed E-state index contributed by atoms with van der Waals surface area (Å²) in [5.74, 6) is 2.48. The maximum absolute atomic E-state index is 6.66. The molecule has 10 heteroatoms. The number of hydrogen-bond acceptors (Lipinski definition) is 7. The molecule has 0 radical (unpaired) electrons. The number of H-pyrrole nitrogens is 1. The molecule has 0 amide bonds. The maximum atomic E-state index is 6.66. The van der Waals surface area contributed by atoms with Gasteiger partial charge in [0, 0.05) is 44.3 Å². The standard InChI is InChI=1S/C22H26Cl2N6O2/c1-31-20-14(2-4-25-21-19-22(27-11-26-19)29-12-28-21)6-16(23)18(24)17(20)15-8-30(9-15)7-13-3-5-32-10-13/h6,11-13,15H,2-5,7-10H2,1H3,(H2,25,26,27,28,29). The first-order valence-electron chi connectivity index (χ1n) is 10.9. The number of aromatic amines is 1. The second kappa shape index (κ2) is 9.39. The van der Waals surface area contributed by atoms with Gasteiger partial charge in [-0.3, -0.25) is 0 Å². The van der Waals surface area contributed by atoms with E-state index in [9.17, 15) is 0 Å². The summed E-state index contributed by atoms with van der Waals surface area (Å²) in [6.07, 6.45) is 4.98. The van der Waals surface area contributed by atoms with Crippen LogP contribution in [0.15, 0.2) is 18.7 Å². The third-order valence-corrected chi connectivity index (χ3v) is 7.10. The first-order chi connectivity index (χ1) is 15.6. The van der Waals surface area contributed by atoms with E-state index in [0.717, 1.165) is 61.7 Å². The number of nitrogens with one attached hydrogen (secondary N) is 2. The van der Waals surface area contributed by atoms with Crippen LogP contribution in [0, 0.1) is 5.92 Å². The van der Waals surface area contributed by atoms with Crippen molar-refractivity contribution in [2.24, 2.45) is 5.92 Å². The number of nitrogens with zero attached hydrogens (tertiary/aromatic N) is 4. The Bertz CT molecular complexity index is 1100. The summed E-state index contributed by atoms with van der Waals surface area (Å²) in [5, 5.41) is 4.51. The van der Waals surface area contributed by atoms with Gasteiger partial charge in [-0.1, -0.05) is 23.2 Å². The minimum atomic E-state index is 0.315. The summed E-state index contributed by atoms with van der Waals surface area (Å²) in [4.78, 5) is 18.2. The van der Waals surface area contributed by atoms with Crippen molar-refractivity contribution in [2.75, 3.05) is 51.8 Å². The van der Waals surface area contributed by atoms with Crippen LogP contribution in [0.1, 0.15) is 23.5 Å². The highest BCUT2D eigenvalue weighted by Crippen LogP contribution is 2.44.